The Bertz CT molecular complexity index is 500. The van der Waals surface area contributed by atoms with Crippen molar-refractivity contribution in [2.75, 3.05) is 26.2 Å². The Hall–Kier alpha value is -1.79. The van der Waals surface area contributed by atoms with Gasteiger partial charge in [-0.2, -0.15) is 0 Å². The summed E-state index contributed by atoms with van der Waals surface area (Å²) in [4.78, 5) is 38.3. The van der Waals surface area contributed by atoms with E-state index in [-0.39, 0.29) is 35.7 Å². The molecule has 0 aliphatic carbocycles. The van der Waals surface area contributed by atoms with E-state index in [1.807, 2.05) is 20.8 Å². The summed E-state index contributed by atoms with van der Waals surface area (Å²) in [7, 11) is 0. The van der Waals surface area contributed by atoms with Crippen molar-refractivity contribution in [1.29, 1.82) is 0 Å². The summed E-state index contributed by atoms with van der Waals surface area (Å²) in [6.07, 6.45) is 0.765. The lowest BCUT2D eigenvalue weighted by Crippen LogP contribution is -2.50. The minimum atomic E-state index is -0.555. The van der Waals surface area contributed by atoms with Crippen molar-refractivity contribution in [3.8, 4) is 0 Å². The number of rotatable bonds is 2. The highest BCUT2D eigenvalue weighted by Crippen LogP contribution is 2.34. The number of nitrogens with one attached hydrogen (secondary N) is 1. The maximum atomic E-state index is 12.3. The number of piperidine rings is 1. The van der Waals surface area contributed by atoms with Gasteiger partial charge >= 0.3 is 12.1 Å². The second kappa shape index (κ2) is 7.40. The molecule has 136 valence electrons. The molecule has 2 saturated heterocycles. The van der Waals surface area contributed by atoms with Crippen LogP contribution in [0.5, 0.6) is 0 Å². The first-order chi connectivity index (χ1) is 11.2. The highest BCUT2D eigenvalue weighted by molar-refractivity contribution is 5.84. The van der Waals surface area contributed by atoms with Crippen LogP contribution in [0, 0.1) is 17.8 Å². The van der Waals surface area contributed by atoms with Gasteiger partial charge in [0, 0.05) is 25.6 Å². The SMILES string of the molecule is CCOC(=O)C1CNC(=O)C2CCN(C(=O)OC(C)(C)C)CCC21. The van der Waals surface area contributed by atoms with E-state index in [0.717, 1.165) is 0 Å². The molecule has 0 aromatic heterocycles. The van der Waals surface area contributed by atoms with Gasteiger partial charge < -0.3 is 19.7 Å². The van der Waals surface area contributed by atoms with Crippen LogP contribution in [0.15, 0.2) is 0 Å². The van der Waals surface area contributed by atoms with Gasteiger partial charge in [0.15, 0.2) is 0 Å². The Morgan fingerprint density at radius 1 is 1.25 bits per heavy atom. The van der Waals surface area contributed by atoms with Crippen LogP contribution in [0.4, 0.5) is 4.79 Å². The van der Waals surface area contributed by atoms with Gasteiger partial charge in [0.2, 0.25) is 5.91 Å². The highest BCUT2D eigenvalue weighted by atomic mass is 16.6. The highest BCUT2D eigenvalue weighted by Gasteiger charge is 2.44. The minimum Gasteiger partial charge on any atom is -0.466 e. The Morgan fingerprint density at radius 2 is 1.92 bits per heavy atom. The van der Waals surface area contributed by atoms with Crippen LogP contribution in [-0.4, -0.2) is 54.7 Å². The number of ether oxygens (including phenoxy) is 2. The van der Waals surface area contributed by atoms with E-state index in [2.05, 4.69) is 5.32 Å². The summed E-state index contributed by atoms with van der Waals surface area (Å²) in [5.74, 6) is -0.998. The third kappa shape index (κ3) is 4.39. The molecule has 3 atom stereocenters. The van der Waals surface area contributed by atoms with Crippen molar-refractivity contribution in [3.63, 3.8) is 0 Å². The zero-order valence-electron chi connectivity index (χ0n) is 15.0. The number of likely N-dealkylation sites (tertiary alicyclic amines) is 1. The van der Waals surface area contributed by atoms with Crippen LogP contribution in [0.3, 0.4) is 0 Å². The molecule has 1 N–H and O–H groups in total. The van der Waals surface area contributed by atoms with Gasteiger partial charge in [0.1, 0.15) is 5.60 Å². The molecule has 2 amide bonds. The number of carbonyl (C=O) groups is 3. The van der Waals surface area contributed by atoms with Crippen LogP contribution >= 0.6 is 0 Å². The Kier molecular flexibility index (Phi) is 5.72. The number of fused-ring (bicyclic) bond motifs is 1. The van der Waals surface area contributed by atoms with Gasteiger partial charge in [-0.05, 0) is 46.5 Å². The number of amides is 2. The Balaban J connectivity index is 2.08. The maximum Gasteiger partial charge on any atom is 0.410 e. The molecule has 0 aromatic carbocycles. The molecule has 2 aliphatic heterocycles. The van der Waals surface area contributed by atoms with Crippen LogP contribution < -0.4 is 5.32 Å². The van der Waals surface area contributed by atoms with Crippen molar-refractivity contribution < 1.29 is 23.9 Å². The molecule has 0 spiro atoms. The molecule has 0 saturated carbocycles. The minimum absolute atomic E-state index is 0.0356. The second-order valence-corrected chi connectivity index (χ2v) is 7.42. The summed E-state index contributed by atoms with van der Waals surface area (Å²) in [6.45, 7) is 8.83. The molecule has 2 fully saturated rings. The molecular weight excluding hydrogens is 312 g/mol. The van der Waals surface area contributed by atoms with Gasteiger partial charge in [-0.25, -0.2) is 4.79 Å². The molecule has 2 rings (SSSR count). The Labute approximate surface area is 143 Å². The maximum absolute atomic E-state index is 12.3. The fraction of sp³-hybridized carbons (Fsp3) is 0.824. The molecule has 0 bridgehead atoms. The monoisotopic (exact) mass is 340 g/mol. The lowest BCUT2D eigenvalue weighted by Gasteiger charge is -2.35. The van der Waals surface area contributed by atoms with E-state index < -0.39 is 5.60 Å². The zero-order chi connectivity index (χ0) is 17.9. The molecule has 2 heterocycles. The smallest absolute Gasteiger partial charge is 0.410 e. The van der Waals surface area contributed by atoms with Gasteiger partial charge in [0.05, 0.1) is 12.5 Å². The standard InChI is InChI=1S/C17H28N2O5/c1-5-23-15(21)13-10-18-14(20)12-7-9-19(8-6-11(12)13)16(22)24-17(2,3)4/h11-13H,5-10H2,1-4H3,(H,18,20). The quantitative estimate of drug-likeness (QED) is 0.771. The Morgan fingerprint density at radius 3 is 2.54 bits per heavy atom. The number of hydrogen-bond acceptors (Lipinski definition) is 5. The number of esters is 1. The van der Waals surface area contributed by atoms with E-state index in [1.54, 1.807) is 11.8 Å². The first-order valence-corrected chi connectivity index (χ1v) is 8.65. The summed E-state index contributed by atoms with van der Waals surface area (Å²) in [5, 5.41) is 2.81. The predicted octanol–water partition coefficient (Wildman–Crippen LogP) is 1.56. The molecule has 7 heteroatoms. The summed E-state index contributed by atoms with van der Waals surface area (Å²) < 4.78 is 10.6. The molecule has 2 aliphatic rings. The average Bonchev–Trinajstić information content (AvgIpc) is 2.69. The van der Waals surface area contributed by atoms with Gasteiger partial charge in [0.25, 0.3) is 0 Å². The average molecular weight is 340 g/mol. The number of hydrogen-bond donors (Lipinski definition) is 1. The fourth-order valence-corrected chi connectivity index (χ4v) is 3.44. The number of nitrogens with zero attached hydrogens (tertiary/aromatic N) is 1. The van der Waals surface area contributed by atoms with Crippen molar-refractivity contribution >= 4 is 18.0 Å². The first kappa shape index (κ1) is 18.5. The predicted molar refractivity (Wildman–Crippen MR) is 87.2 cm³/mol. The van der Waals surface area contributed by atoms with Crippen molar-refractivity contribution in [2.45, 2.75) is 46.1 Å². The third-order valence-electron chi connectivity index (χ3n) is 4.55. The molecule has 3 unspecified atom stereocenters. The molecule has 24 heavy (non-hydrogen) atoms. The largest absolute Gasteiger partial charge is 0.466 e. The van der Waals surface area contributed by atoms with E-state index in [0.29, 0.717) is 39.1 Å². The topological polar surface area (TPSA) is 84.9 Å². The summed E-state index contributed by atoms with van der Waals surface area (Å²) in [5.41, 5.74) is -0.555. The van der Waals surface area contributed by atoms with Crippen LogP contribution in [-0.2, 0) is 19.1 Å². The van der Waals surface area contributed by atoms with Gasteiger partial charge in [-0.1, -0.05) is 0 Å². The first-order valence-electron chi connectivity index (χ1n) is 8.65. The molecule has 0 radical (unpaired) electrons. The van der Waals surface area contributed by atoms with Crippen LogP contribution in [0.1, 0.15) is 40.5 Å². The van der Waals surface area contributed by atoms with E-state index in [1.165, 1.54) is 0 Å². The summed E-state index contributed by atoms with van der Waals surface area (Å²) in [6, 6.07) is 0. The van der Waals surface area contributed by atoms with E-state index in [4.69, 9.17) is 9.47 Å². The summed E-state index contributed by atoms with van der Waals surface area (Å²) >= 11 is 0. The lowest BCUT2D eigenvalue weighted by molar-refractivity contribution is -0.153. The van der Waals surface area contributed by atoms with E-state index >= 15 is 0 Å². The van der Waals surface area contributed by atoms with Crippen LogP contribution in [0.2, 0.25) is 0 Å². The van der Waals surface area contributed by atoms with Gasteiger partial charge in [-0.3, -0.25) is 9.59 Å². The van der Waals surface area contributed by atoms with E-state index in [9.17, 15) is 14.4 Å². The molecular formula is C17H28N2O5. The lowest BCUT2D eigenvalue weighted by atomic mass is 9.75. The molecule has 0 aromatic rings. The number of carbonyl (C=O) groups excluding carboxylic acids is 3. The zero-order valence-corrected chi connectivity index (χ0v) is 15.0. The normalized spacial score (nSPS) is 27.6. The van der Waals surface area contributed by atoms with Crippen molar-refractivity contribution in [3.05, 3.63) is 0 Å². The van der Waals surface area contributed by atoms with Crippen molar-refractivity contribution in [2.24, 2.45) is 17.8 Å². The van der Waals surface area contributed by atoms with Crippen LogP contribution in [0.25, 0.3) is 0 Å². The van der Waals surface area contributed by atoms with Gasteiger partial charge in [-0.15, -0.1) is 0 Å². The van der Waals surface area contributed by atoms with Crippen molar-refractivity contribution in [1.82, 2.24) is 10.2 Å². The fourth-order valence-electron chi connectivity index (χ4n) is 3.44. The second-order valence-electron chi connectivity index (χ2n) is 7.42. The third-order valence-corrected chi connectivity index (χ3v) is 4.55. The molecule has 7 nitrogen and oxygen atoms in total.